The quantitative estimate of drug-likeness (QED) is 0.769. The average Bonchev–Trinajstić information content (AvgIpc) is 2.19. The van der Waals surface area contributed by atoms with Crippen LogP contribution in [0.2, 0.25) is 0 Å². The van der Waals surface area contributed by atoms with Crippen LogP contribution < -0.4 is 10.6 Å². The number of thiocarbonyl (C=S) groups is 1. The SMILES string of the molecule is CCCNC(=S)Nc1ccc(C)cc1C. The van der Waals surface area contributed by atoms with Gasteiger partial charge in [-0.05, 0) is 44.1 Å². The highest BCUT2D eigenvalue weighted by atomic mass is 32.1. The van der Waals surface area contributed by atoms with E-state index < -0.39 is 0 Å². The summed E-state index contributed by atoms with van der Waals surface area (Å²) in [6.07, 6.45) is 1.08. The van der Waals surface area contributed by atoms with Crippen molar-refractivity contribution in [3.8, 4) is 0 Å². The highest BCUT2D eigenvalue weighted by molar-refractivity contribution is 7.80. The van der Waals surface area contributed by atoms with Crippen molar-refractivity contribution in [2.24, 2.45) is 0 Å². The summed E-state index contributed by atoms with van der Waals surface area (Å²) >= 11 is 5.17. The first-order valence-corrected chi connectivity index (χ1v) is 5.66. The summed E-state index contributed by atoms with van der Waals surface area (Å²) in [5, 5.41) is 7.03. The zero-order valence-electron chi connectivity index (χ0n) is 9.55. The standard InChI is InChI=1S/C12H18N2S/c1-4-7-13-12(15)14-11-6-5-9(2)8-10(11)3/h5-6,8H,4,7H2,1-3H3,(H2,13,14,15). The average molecular weight is 222 g/mol. The van der Waals surface area contributed by atoms with Crippen molar-refractivity contribution in [3.05, 3.63) is 29.3 Å². The maximum atomic E-state index is 5.17. The molecule has 0 aliphatic rings. The molecule has 0 aromatic heterocycles. The van der Waals surface area contributed by atoms with Crippen LogP contribution in [0, 0.1) is 13.8 Å². The molecule has 0 aliphatic carbocycles. The molecule has 82 valence electrons. The van der Waals surface area contributed by atoms with E-state index in [2.05, 4.69) is 49.6 Å². The van der Waals surface area contributed by atoms with Crippen molar-refractivity contribution in [1.29, 1.82) is 0 Å². The molecule has 15 heavy (non-hydrogen) atoms. The van der Waals surface area contributed by atoms with Crippen LogP contribution in [0.3, 0.4) is 0 Å². The van der Waals surface area contributed by atoms with Gasteiger partial charge < -0.3 is 10.6 Å². The van der Waals surface area contributed by atoms with Crippen molar-refractivity contribution >= 4 is 23.0 Å². The smallest absolute Gasteiger partial charge is 0.170 e. The van der Waals surface area contributed by atoms with E-state index in [-0.39, 0.29) is 0 Å². The predicted molar refractivity (Wildman–Crippen MR) is 70.4 cm³/mol. The molecule has 0 amide bonds. The predicted octanol–water partition coefficient (Wildman–Crippen LogP) is 3.00. The normalized spacial score (nSPS) is 9.80. The Balaban J connectivity index is 2.60. The molecule has 0 fully saturated rings. The lowest BCUT2D eigenvalue weighted by molar-refractivity contribution is 0.846. The van der Waals surface area contributed by atoms with Crippen LogP contribution in [-0.4, -0.2) is 11.7 Å². The summed E-state index contributed by atoms with van der Waals surface area (Å²) in [5.74, 6) is 0. The lowest BCUT2D eigenvalue weighted by atomic mass is 10.1. The van der Waals surface area contributed by atoms with Crippen LogP contribution in [0.25, 0.3) is 0 Å². The Morgan fingerprint density at radius 3 is 2.67 bits per heavy atom. The molecule has 2 N–H and O–H groups in total. The van der Waals surface area contributed by atoms with Gasteiger partial charge in [0, 0.05) is 12.2 Å². The second-order valence-corrected chi connectivity index (χ2v) is 4.11. The van der Waals surface area contributed by atoms with E-state index in [1.165, 1.54) is 11.1 Å². The van der Waals surface area contributed by atoms with Gasteiger partial charge >= 0.3 is 0 Å². The molecule has 0 bridgehead atoms. The molecular formula is C12H18N2S. The zero-order chi connectivity index (χ0) is 11.3. The number of benzene rings is 1. The van der Waals surface area contributed by atoms with Gasteiger partial charge in [0.25, 0.3) is 0 Å². The van der Waals surface area contributed by atoms with Crippen LogP contribution in [0.4, 0.5) is 5.69 Å². The van der Waals surface area contributed by atoms with Gasteiger partial charge in [0.1, 0.15) is 0 Å². The Bertz CT molecular complexity index is 347. The Kier molecular flexibility index (Phi) is 4.56. The van der Waals surface area contributed by atoms with Gasteiger partial charge in [-0.15, -0.1) is 0 Å². The molecule has 1 rings (SSSR count). The number of hydrogen-bond acceptors (Lipinski definition) is 1. The van der Waals surface area contributed by atoms with Gasteiger partial charge in [0.05, 0.1) is 0 Å². The van der Waals surface area contributed by atoms with Gasteiger partial charge in [-0.2, -0.15) is 0 Å². The molecule has 2 nitrogen and oxygen atoms in total. The topological polar surface area (TPSA) is 24.1 Å². The first-order chi connectivity index (χ1) is 7.13. The molecular weight excluding hydrogens is 204 g/mol. The first-order valence-electron chi connectivity index (χ1n) is 5.25. The number of nitrogens with one attached hydrogen (secondary N) is 2. The van der Waals surface area contributed by atoms with E-state index in [0.717, 1.165) is 18.7 Å². The van der Waals surface area contributed by atoms with Crippen LogP contribution in [0.5, 0.6) is 0 Å². The third-order valence-corrected chi connectivity index (χ3v) is 2.41. The number of hydrogen-bond donors (Lipinski definition) is 2. The van der Waals surface area contributed by atoms with E-state index in [9.17, 15) is 0 Å². The first kappa shape index (κ1) is 12.0. The maximum Gasteiger partial charge on any atom is 0.170 e. The minimum atomic E-state index is 0.698. The van der Waals surface area contributed by atoms with Crippen molar-refractivity contribution < 1.29 is 0 Å². The summed E-state index contributed by atoms with van der Waals surface area (Å²) in [7, 11) is 0. The molecule has 0 saturated heterocycles. The van der Waals surface area contributed by atoms with Gasteiger partial charge in [0.2, 0.25) is 0 Å². The van der Waals surface area contributed by atoms with Crippen molar-refractivity contribution in [3.63, 3.8) is 0 Å². The zero-order valence-corrected chi connectivity index (χ0v) is 10.4. The third kappa shape index (κ3) is 3.88. The molecule has 1 aromatic rings. The Labute approximate surface area is 97.1 Å². The maximum absolute atomic E-state index is 5.17. The van der Waals surface area contributed by atoms with Gasteiger partial charge in [-0.25, -0.2) is 0 Å². The van der Waals surface area contributed by atoms with Crippen LogP contribution in [0.15, 0.2) is 18.2 Å². The molecule has 0 heterocycles. The largest absolute Gasteiger partial charge is 0.362 e. The summed E-state index contributed by atoms with van der Waals surface area (Å²) in [6.45, 7) is 7.20. The Hall–Kier alpha value is -1.09. The molecule has 0 aliphatic heterocycles. The number of aryl methyl sites for hydroxylation is 2. The van der Waals surface area contributed by atoms with Crippen LogP contribution in [-0.2, 0) is 0 Å². The summed E-state index contributed by atoms with van der Waals surface area (Å²) in [5.41, 5.74) is 3.57. The van der Waals surface area contributed by atoms with Crippen LogP contribution >= 0.6 is 12.2 Å². The van der Waals surface area contributed by atoms with Gasteiger partial charge in [-0.3, -0.25) is 0 Å². The van der Waals surface area contributed by atoms with E-state index in [0.29, 0.717) is 5.11 Å². The second kappa shape index (κ2) is 5.71. The fourth-order valence-corrected chi connectivity index (χ4v) is 1.57. The fraction of sp³-hybridized carbons (Fsp3) is 0.417. The molecule has 3 heteroatoms. The Morgan fingerprint density at radius 2 is 2.07 bits per heavy atom. The highest BCUT2D eigenvalue weighted by Crippen LogP contribution is 2.15. The van der Waals surface area contributed by atoms with Crippen molar-refractivity contribution in [2.45, 2.75) is 27.2 Å². The number of anilines is 1. The molecule has 0 atom stereocenters. The second-order valence-electron chi connectivity index (χ2n) is 3.70. The molecule has 1 aromatic carbocycles. The van der Waals surface area contributed by atoms with Crippen molar-refractivity contribution in [2.75, 3.05) is 11.9 Å². The van der Waals surface area contributed by atoms with E-state index in [1.807, 2.05) is 0 Å². The lowest BCUT2D eigenvalue weighted by Crippen LogP contribution is -2.29. The fourth-order valence-electron chi connectivity index (χ4n) is 1.36. The minimum absolute atomic E-state index is 0.698. The van der Waals surface area contributed by atoms with Crippen molar-refractivity contribution in [1.82, 2.24) is 5.32 Å². The Morgan fingerprint density at radius 1 is 1.33 bits per heavy atom. The van der Waals surface area contributed by atoms with Gasteiger partial charge in [-0.1, -0.05) is 24.6 Å². The molecule has 0 unspecified atom stereocenters. The van der Waals surface area contributed by atoms with E-state index in [1.54, 1.807) is 0 Å². The van der Waals surface area contributed by atoms with Gasteiger partial charge in [0.15, 0.2) is 5.11 Å². The molecule has 0 radical (unpaired) electrons. The summed E-state index contributed by atoms with van der Waals surface area (Å²) < 4.78 is 0. The number of rotatable bonds is 3. The monoisotopic (exact) mass is 222 g/mol. The lowest BCUT2D eigenvalue weighted by Gasteiger charge is -2.12. The minimum Gasteiger partial charge on any atom is -0.362 e. The third-order valence-electron chi connectivity index (χ3n) is 2.17. The van der Waals surface area contributed by atoms with Crippen LogP contribution in [0.1, 0.15) is 24.5 Å². The summed E-state index contributed by atoms with van der Waals surface area (Å²) in [6, 6.07) is 6.28. The van der Waals surface area contributed by atoms with E-state index in [4.69, 9.17) is 12.2 Å². The summed E-state index contributed by atoms with van der Waals surface area (Å²) in [4.78, 5) is 0. The van der Waals surface area contributed by atoms with E-state index >= 15 is 0 Å². The molecule has 0 spiro atoms. The molecule has 0 saturated carbocycles. The highest BCUT2D eigenvalue weighted by Gasteiger charge is 2.00.